The van der Waals surface area contributed by atoms with E-state index in [0.717, 1.165) is 5.56 Å². The van der Waals surface area contributed by atoms with Crippen molar-refractivity contribution < 1.29 is 18.7 Å². The molecule has 0 unspecified atom stereocenters. The molecule has 0 aliphatic heterocycles. The van der Waals surface area contributed by atoms with Crippen molar-refractivity contribution in [3.63, 3.8) is 0 Å². The Bertz CT molecular complexity index is 648. The molecule has 0 saturated carbocycles. The average molecular weight is 286 g/mol. The number of carbonyl (C=O) groups is 1. The predicted octanol–water partition coefficient (Wildman–Crippen LogP) is 3.78. The summed E-state index contributed by atoms with van der Waals surface area (Å²) in [4.78, 5) is 12.0. The Hall–Kier alpha value is -2.62. The molecule has 4 heteroatoms. The van der Waals surface area contributed by atoms with Gasteiger partial charge in [0.15, 0.2) is 11.5 Å². The molecule has 0 amide bonds. The molecule has 0 aromatic heterocycles. The van der Waals surface area contributed by atoms with E-state index in [0.29, 0.717) is 17.9 Å². The van der Waals surface area contributed by atoms with Crippen LogP contribution in [0.1, 0.15) is 15.9 Å². The maximum absolute atomic E-state index is 12.8. The first-order valence-corrected chi connectivity index (χ1v) is 6.39. The lowest BCUT2D eigenvalue weighted by Crippen LogP contribution is -2.09. The first-order chi connectivity index (χ1) is 10.1. The lowest BCUT2D eigenvalue weighted by Gasteiger charge is -2.10. The van der Waals surface area contributed by atoms with Crippen LogP contribution >= 0.6 is 0 Å². The maximum Gasteiger partial charge on any atom is 0.343 e. The molecular weight excluding hydrogens is 271 g/mol. The SMILES string of the molecule is C=CCc1ccc(OC(=O)c2ccc(F)cc2)c(OC)c1. The standard InChI is InChI=1S/C17H15FO3/c1-3-4-12-5-10-15(16(11-12)20-2)21-17(19)13-6-8-14(18)9-7-13/h3,5-11H,1,4H2,2H3. The lowest BCUT2D eigenvalue weighted by molar-refractivity contribution is 0.0729. The molecule has 21 heavy (non-hydrogen) atoms. The van der Waals surface area contributed by atoms with Crippen molar-refractivity contribution in [1.82, 2.24) is 0 Å². The number of benzene rings is 2. The summed E-state index contributed by atoms with van der Waals surface area (Å²) in [6.07, 6.45) is 2.47. The molecule has 0 bridgehead atoms. The second kappa shape index (κ2) is 6.70. The van der Waals surface area contributed by atoms with Crippen LogP contribution in [-0.4, -0.2) is 13.1 Å². The van der Waals surface area contributed by atoms with Crippen LogP contribution in [-0.2, 0) is 6.42 Å². The van der Waals surface area contributed by atoms with Crippen molar-refractivity contribution in [3.8, 4) is 11.5 Å². The van der Waals surface area contributed by atoms with Crippen LogP contribution in [0.25, 0.3) is 0 Å². The molecule has 3 nitrogen and oxygen atoms in total. The third kappa shape index (κ3) is 3.69. The quantitative estimate of drug-likeness (QED) is 0.476. The Kier molecular flexibility index (Phi) is 4.72. The van der Waals surface area contributed by atoms with Gasteiger partial charge in [0.05, 0.1) is 12.7 Å². The molecule has 0 radical (unpaired) electrons. The summed E-state index contributed by atoms with van der Waals surface area (Å²) in [5.74, 6) is -0.188. The van der Waals surface area contributed by atoms with Crippen molar-refractivity contribution in [2.75, 3.05) is 7.11 Å². The topological polar surface area (TPSA) is 35.5 Å². The number of allylic oxidation sites excluding steroid dienone is 1. The molecule has 108 valence electrons. The van der Waals surface area contributed by atoms with E-state index in [1.54, 1.807) is 18.2 Å². The largest absolute Gasteiger partial charge is 0.493 e. The minimum absolute atomic E-state index is 0.272. The Morgan fingerprint density at radius 1 is 1.19 bits per heavy atom. The highest BCUT2D eigenvalue weighted by Crippen LogP contribution is 2.29. The second-order valence-electron chi connectivity index (χ2n) is 4.37. The molecule has 0 fully saturated rings. The number of ether oxygens (including phenoxy) is 2. The highest BCUT2D eigenvalue weighted by molar-refractivity contribution is 5.91. The van der Waals surface area contributed by atoms with Crippen LogP contribution in [0.15, 0.2) is 55.1 Å². The van der Waals surface area contributed by atoms with Gasteiger partial charge >= 0.3 is 5.97 Å². The Labute approximate surface area is 122 Å². The highest BCUT2D eigenvalue weighted by atomic mass is 19.1. The predicted molar refractivity (Wildman–Crippen MR) is 78.3 cm³/mol. The summed E-state index contributed by atoms with van der Waals surface area (Å²) in [6, 6.07) is 10.4. The number of methoxy groups -OCH3 is 1. The smallest absolute Gasteiger partial charge is 0.343 e. The van der Waals surface area contributed by atoms with Gasteiger partial charge in [0.25, 0.3) is 0 Å². The fourth-order valence-corrected chi connectivity index (χ4v) is 1.83. The summed E-state index contributed by atoms with van der Waals surface area (Å²) in [5, 5.41) is 0. The molecule has 0 saturated heterocycles. The zero-order valence-electron chi connectivity index (χ0n) is 11.6. The Morgan fingerprint density at radius 2 is 1.90 bits per heavy atom. The highest BCUT2D eigenvalue weighted by Gasteiger charge is 2.12. The van der Waals surface area contributed by atoms with Gasteiger partial charge in [0, 0.05) is 0 Å². The van der Waals surface area contributed by atoms with Crippen LogP contribution in [0, 0.1) is 5.82 Å². The number of carbonyl (C=O) groups excluding carboxylic acids is 1. The zero-order valence-corrected chi connectivity index (χ0v) is 11.6. The minimum Gasteiger partial charge on any atom is -0.493 e. The van der Waals surface area contributed by atoms with Crippen LogP contribution in [0.2, 0.25) is 0 Å². The molecule has 0 N–H and O–H groups in total. The van der Waals surface area contributed by atoms with Gasteiger partial charge in [-0.2, -0.15) is 0 Å². The number of esters is 1. The lowest BCUT2D eigenvalue weighted by atomic mass is 10.1. The third-order valence-electron chi connectivity index (χ3n) is 2.89. The monoisotopic (exact) mass is 286 g/mol. The number of rotatable bonds is 5. The normalized spacial score (nSPS) is 10.0. The van der Waals surface area contributed by atoms with Crippen molar-refractivity contribution in [2.45, 2.75) is 6.42 Å². The molecule has 2 aromatic rings. The van der Waals surface area contributed by atoms with E-state index in [-0.39, 0.29) is 5.56 Å². The first-order valence-electron chi connectivity index (χ1n) is 6.39. The van der Waals surface area contributed by atoms with E-state index in [2.05, 4.69) is 6.58 Å². The van der Waals surface area contributed by atoms with Gasteiger partial charge in [-0.1, -0.05) is 12.1 Å². The third-order valence-corrected chi connectivity index (χ3v) is 2.89. The first kappa shape index (κ1) is 14.8. The van der Waals surface area contributed by atoms with Gasteiger partial charge in [0.1, 0.15) is 5.82 Å². The van der Waals surface area contributed by atoms with Crippen LogP contribution < -0.4 is 9.47 Å². The van der Waals surface area contributed by atoms with Gasteiger partial charge in [-0.05, 0) is 48.4 Å². The van der Waals surface area contributed by atoms with E-state index >= 15 is 0 Å². The summed E-state index contributed by atoms with van der Waals surface area (Å²) in [6.45, 7) is 3.67. The molecule has 2 rings (SSSR count). The van der Waals surface area contributed by atoms with E-state index in [1.165, 1.54) is 31.4 Å². The second-order valence-corrected chi connectivity index (χ2v) is 4.37. The van der Waals surface area contributed by atoms with E-state index in [1.807, 2.05) is 6.07 Å². The average Bonchev–Trinajstić information content (AvgIpc) is 2.49. The minimum atomic E-state index is -0.565. The van der Waals surface area contributed by atoms with Crippen molar-refractivity contribution in [2.24, 2.45) is 0 Å². The van der Waals surface area contributed by atoms with Gasteiger partial charge in [-0.25, -0.2) is 9.18 Å². The number of hydrogen-bond acceptors (Lipinski definition) is 3. The van der Waals surface area contributed by atoms with Crippen LogP contribution in [0.5, 0.6) is 11.5 Å². The fraction of sp³-hybridized carbons (Fsp3) is 0.118. The molecule has 0 atom stereocenters. The van der Waals surface area contributed by atoms with Gasteiger partial charge in [-0.15, -0.1) is 6.58 Å². The molecule has 0 aliphatic rings. The van der Waals surface area contributed by atoms with Crippen LogP contribution in [0.4, 0.5) is 4.39 Å². The van der Waals surface area contributed by atoms with E-state index in [4.69, 9.17) is 9.47 Å². The molecule has 2 aromatic carbocycles. The van der Waals surface area contributed by atoms with Crippen LogP contribution in [0.3, 0.4) is 0 Å². The fourth-order valence-electron chi connectivity index (χ4n) is 1.83. The Balaban J connectivity index is 2.20. The Morgan fingerprint density at radius 3 is 2.52 bits per heavy atom. The van der Waals surface area contributed by atoms with Gasteiger partial charge < -0.3 is 9.47 Å². The van der Waals surface area contributed by atoms with Gasteiger partial charge in [0.2, 0.25) is 0 Å². The van der Waals surface area contributed by atoms with E-state index in [9.17, 15) is 9.18 Å². The van der Waals surface area contributed by atoms with Crippen molar-refractivity contribution in [3.05, 3.63) is 72.1 Å². The maximum atomic E-state index is 12.8. The molecule has 0 spiro atoms. The zero-order chi connectivity index (χ0) is 15.2. The van der Waals surface area contributed by atoms with Crippen molar-refractivity contribution in [1.29, 1.82) is 0 Å². The van der Waals surface area contributed by atoms with Gasteiger partial charge in [-0.3, -0.25) is 0 Å². The van der Waals surface area contributed by atoms with Crippen molar-refractivity contribution >= 4 is 5.97 Å². The molecular formula is C17H15FO3. The van der Waals surface area contributed by atoms with E-state index < -0.39 is 11.8 Å². The number of halogens is 1. The summed E-state index contributed by atoms with van der Waals surface area (Å²) < 4.78 is 23.3. The summed E-state index contributed by atoms with van der Waals surface area (Å²) in [7, 11) is 1.50. The summed E-state index contributed by atoms with van der Waals surface area (Å²) in [5.41, 5.74) is 1.28. The number of hydrogen-bond donors (Lipinski definition) is 0. The molecule has 0 aliphatic carbocycles. The molecule has 0 heterocycles. The summed E-state index contributed by atoms with van der Waals surface area (Å²) >= 11 is 0.